The van der Waals surface area contributed by atoms with Crippen LogP contribution in [0.4, 0.5) is 15.3 Å². The highest BCUT2D eigenvalue weighted by atomic mass is 16.6. The number of para-hydroxylation sites is 1. The van der Waals surface area contributed by atoms with Crippen molar-refractivity contribution in [2.45, 2.75) is 95.9 Å². The summed E-state index contributed by atoms with van der Waals surface area (Å²) in [4.78, 5) is 48.8. The van der Waals surface area contributed by atoms with Crippen LogP contribution in [0.15, 0.2) is 36.4 Å². The zero-order chi connectivity index (χ0) is 34.0. The van der Waals surface area contributed by atoms with Gasteiger partial charge in [0.15, 0.2) is 6.10 Å². The van der Waals surface area contributed by atoms with Crippen LogP contribution >= 0.6 is 0 Å². The number of aromatic hydroxyl groups is 1. The molecule has 0 saturated carbocycles. The molecule has 0 spiro atoms. The molecule has 11 heteroatoms. The molecular formula is C37H53N6O5+. The van der Waals surface area contributed by atoms with Crippen LogP contribution in [0.3, 0.4) is 0 Å². The van der Waals surface area contributed by atoms with Gasteiger partial charge in [-0.05, 0) is 81.2 Å². The van der Waals surface area contributed by atoms with Gasteiger partial charge in [0.2, 0.25) is 0 Å². The quantitative estimate of drug-likeness (QED) is 0.433. The molecule has 3 fully saturated rings. The Bertz CT molecular complexity index is 1460. The first kappa shape index (κ1) is 34.0. The number of fused-ring (bicyclic) bond motifs is 1. The summed E-state index contributed by atoms with van der Waals surface area (Å²) in [7, 11) is 0. The predicted molar refractivity (Wildman–Crippen MR) is 184 cm³/mol. The standard InChI is InChI=1S/C37H52N6O5/c1-25-22-27(23-26(2)33(25)44)24-32(34(45)41-15-9-29(10-16-41)40-20-13-37(3,38)14-21-40)48-36(47)42-17-11-30(12-18-42)43-19-8-28-6-4-5-7-31(28)39-35(43)46/h4-7,22-23,29-30,32,44H,8-21,24,38H2,1-3H3,(H,39,46)/p+1. The third-order valence-corrected chi connectivity index (χ3v) is 11.1. The van der Waals surface area contributed by atoms with E-state index >= 15 is 0 Å². The fourth-order valence-electron chi connectivity index (χ4n) is 7.94. The molecule has 11 nitrogen and oxygen atoms in total. The maximum Gasteiger partial charge on any atom is 0.410 e. The van der Waals surface area contributed by atoms with Gasteiger partial charge in [-0.25, -0.2) is 9.59 Å². The fraction of sp³-hybridized carbons (Fsp3) is 0.595. The van der Waals surface area contributed by atoms with Gasteiger partial charge in [-0.15, -0.1) is 0 Å². The minimum absolute atomic E-state index is 0.0206. The van der Waals surface area contributed by atoms with Crippen molar-refractivity contribution in [3.8, 4) is 5.75 Å². The Morgan fingerprint density at radius 1 is 0.938 bits per heavy atom. The minimum Gasteiger partial charge on any atom is -0.507 e. The van der Waals surface area contributed by atoms with Crippen LogP contribution in [0, 0.1) is 13.8 Å². The molecule has 0 bridgehead atoms. The number of benzene rings is 2. The van der Waals surface area contributed by atoms with Crippen molar-refractivity contribution < 1.29 is 30.0 Å². The number of phenolic OH excluding ortho intramolecular Hbond substituents is 1. The Hall–Kier alpha value is -3.83. The fourth-order valence-corrected chi connectivity index (χ4v) is 7.94. The van der Waals surface area contributed by atoms with E-state index in [1.165, 1.54) is 0 Å². The maximum atomic E-state index is 14.1. The zero-order valence-electron chi connectivity index (χ0n) is 28.9. The molecule has 0 radical (unpaired) electrons. The summed E-state index contributed by atoms with van der Waals surface area (Å²) in [6.45, 7) is 10.8. The van der Waals surface area contributed by atoms with Crippen molar-refractivity contribution in [2.75, 3.05) is 51.1 Å². The number of aryl methyl sites for hydroxylation is 2. The second-order valence-corrected chi connectivity index (χ2v) is 14.8. The number of likely N-dealkylation sites (tertiary alicyclic amines) is 3. The summed E-state index contributed by atoms with van der Waals surface area (Å²) in [6.07, 6.45) is 4.83. The van der Waals surface area contributed by atoms with Crippen molar-refractivity contribution in [2.24, 2.45) is 0 Å². The maximum absolute atomic E-state index is 14.1. The van der Waals surface area contributed by atoms with Gasteiger partial charge in [0.1, 0.15) is 5.75 Å². The molecule has 4 amide bonds. The monoisotopic (exact) mass is 661 g/mol. The van der Waals surface area contributed by atoms with E-state index in [-0.39, 0.29) is 35.7 Å². The van der Waals surface area contributed by atoms with Crippen LogP contribution in [-0.4, -0.2) is 112 Å². The largest absolute Gasteiger partial charge is 0.507 e. The van der Waals surface area contributed by atoms with Gasteiger partial charge in [-0.3, -0.25) is 9.69 Å². The summed E-state index contributed by atoms with van der Waals surface area (Å²) in [5, 5.41) is 13.4. The number of nitrogens with zero attached hydrogens (tertiary/aromatic N) is 4. The number of carbonyl (C=O) groups is 3. The molecule has 0 aromatic heterocycles. The van der Waals surface area contributed by atoms with Gasteiger partial charge in [0.05, 0.1) is 5.54 Å². The van der Waals surface area contributed by atoms with Crippen LogP contribution in [0.1, 0.15) is 67.7 Å². The number of hydrogen-bond acceptors (Lipinski definition) is 6. The second-order valence-electron chi connectivity index (χ2n) is 14.8. The average molecular weight is 662 g/mol. The minimum atomic E-state index is -0.966. The lowest BCUT2D eigenvalue weighted by Gasteiger charge is -2.43. The first-order chi connectivity index (χ1) is 23.0. The highest BCUT2D eigenvalue weighted by Gasteiger charge is 2.38. The van der Waals surface area contributed by atoms with Gasteiger partial charge >= 0.3 is 12.1 Å². The first-order valence-electron chi connectivity index (χ1n) is 17.8. The Labute approximate surface area is 284 Å². The normalized spacial score (nSPS) is 21.7. The number of piperidine rings is 3. The first-order valence-corrected chi connectivity index (χ1v) is 17.8. The Morgan fingerprint density at radius 2 is 1.54 bits per heavy atom. The van der Waals surface area contributed by atoms with Crippen LogP contribution < -0.4 is 11.1 Å². The topological polar surface area (TPSA) is 133 Å². The molecule has 3 saturated heterocycles. The number of amides is 4. The number of quaternary nitrogens is 1. The number of rotatable bonds is 6. The van der Waals surface area contributed by atoms with Gasteiger partial charge < -0.3 is 35.6 Å². The Kier molecular flexibility index (Phi) is 10.2. The summed E-state index contributed by atoms with van der Waals surface area (Å²) in [6, 6.07) is 12.0. The molecule has 4 heterocycles. The van der Waals surface area contributed by atoms with E-state index in [0.717, 1.165) is 73.1 Å². The van der Waals surface area contributed by atoms with Gasteiger partial charge in [-0.1, -0.05) is 30.3 Å². The van der Waals surface area contributed by atoms with Crippen LogP contribution in [-0.2, 0) is 22.4 Å². The summed E-state index contributed by atoms with van der Waals surface area (Å²) >= 11 is 0. The molecule has 4 aliphatic rings. The Morgan fingerprint density at radius 3 is 2.21 bits per heavy atom. The molecule has 1 unspecified atom stereocenters. The average Bonchev–Trinajstić information content (AvgIpc) is 3.24. The molecule has 6 rings (SSSR count). The number of hydrogen-bond donors (Lipinski definition) is 3. The van der Waals surface area contributed by atoms with Crippen molar-refractivity contribution in [1.29, 1.82) is 0 Å². The van der Waals surface area contributed by atoms with Gasteiger partial charge in [-0.2, -0.15) is 0 Å². The number of urea groups is 1. The lowest BCUT2D eigenvalue weighted by molar-refractivity contribution is -0.479. The van der Waals surface area contributed by atoms with E-state index in [4.69, 9.17) is 4.74 Å². The smallest absolute Gasteiger partial charge is 0.410 e. The number of carbonyl (C=O) groups excluding carboxylic acids is 3. The highest BCUT2D eigenvalue weighted by molar-refractivity contribution is 5.91. The third-order valence-electron chi connectivity index (χ3n) is 11.1. The van der Waals surface area contributed by atoms with E-state index in [9.17, 15) is 19.5 Å². The molecule has 2 aromatic rings. The van der Waals surface area contributed by atoms with E-state index < -0.39 is 12.2 Å². The molecule has 5 N–H and O–H groups in total. The molecule has 260 valence electrons. The summed E-state index contributed by atoms with van der Waals surface area (Å²) < 4.78 is 6.07. The van der Waals surface area contributed by atoms with E-state index in [0.29, 0.717) is 51.6 Å². The van der Waals surface area contributed by atoms with E-state index in [2.05, 4.69) is 22.9 Å². The lowest BCUT2D eigenvalue weighted by Crippen LogP contribution is -2.74. The summed E-state index contributed by atoms with van der Waals surface area (Å²) in [5.74, 6) is 0.0762. The van der Waals surface area contributed by atoms with Crippen molar-refractivity contribution in [3.05, 3.63) is 58.7 Å². The summed E-state index contributed by atoms with van der Waals surface area (Å²) in [5.41, 5.74) is 8.79. The number of phenols is 1. The van der Waals surface area contributed by atoms with Crippen LogP contribution in [0.2, 0.25) is 0 Å². The van der Waals surface area contributed by atoms with E-state index in [1.807, 2.05) is 60.0 Å². The second kappa shape index (κ2) is 14.3. The molecule has 4 aliphatic heterocycles. The highest BCUT2D eigenvalue weighted by Crippen LogP contribution is 2.28. The molecule has 48 heavy (non-hydrogen) atoms. The molecule has 1 atom stereocenters. The van der Waals surface area contributed by atoms with Crippen molar-refractivity contribution >= 4 is 23.7 Å². The van der Waals surface area contributed by atoms with Crippen LogP contribution in [0.25, 0.3) is 0 Å². The zero-order valence-corrected chi connectivity index (χ0v) is 28.9. The van der Waals surface area contributed by atoms with E-state index in [1.54, 1.807) is 4.90 Å². The van der Waals surface area contributed by atoms with Crippen molar-refractivity contribution in [1.82, 2.24) is 19.6 Å². The van der Waals surface area contributed by atoms with Crippen LogP contribution in [0.5, 0.6) is 5.75 Å². The lowest BCUT2D eigenvalue weighted by atomic mass is 9.89. The van der Waals surface area contributed by atoms with Gasteiger partial charge in [0, 0.05) is 82.8 Å². The number of ether oxygens (including phenoxy) is 1. The number of anilines is 1. The SMILES string of the molecule is Cc1cc(CC(OC(=O)N2CCC(N3CCc4ccccc4NC3=O)CC2)C(=O)N2CCC(N3CCC(C)([NH3+])CC3)CC2)cc(C)c1O. The molecule has 0 aliphatic carbocycles. The Balaban J connectivity index is 1.08. The third kappa shape index (κ3) is 7.73. The van der Waals surface area contributed by atoms with Crippen molar-refractivity contribution in [3.63, 3.8) is 0 Å². The molecular weight excluding hydrogens is 608 g/mol. The predicted octanol–water partition coefficient (Wildman–Crippen LogP) is 3.70. The number of nitrogens with one attached hydrogen (secondary N) is 1. The van der Waals surface area contributed by atoms with Gasteiger partial charge in [0.25, 0.3) is 5.91 Å². The molecule has 2 aromatic carbocycles.